The zero-order valence-corrected chi connectivity index (χ0v) is 18.4. The molecule has 2 fully saturated rings. The van der Waals surface area contributed by atoms with Gasteiger partial charge in [0.1, 0.15) is 0 Å². The van der Waals surface area contributed by atoms with Gasteiger partial charge in [0.05, 0.1) is 22.1 Å². The molecule has 2 aromatic rings. The van der Waals surface area contributed by atoms with Crippen LogP contribution in [0.25, 0.3) is 10.6 Å². The molecule has 2 atom stereocenters. The number of aliphatic hydroxyl groups excluding tert-OH is 1. The van der Waals surface area contributed by atoms with E-state index in [2.05, 4.69) is 10.5 Å². The Morgan fingerprint density at radius 2 is 2.18 bits per heavy atom. The molecule has 0 aromatic carbocycles. The van der Waals surface area contributed by atoms with E-state index in [4.69, 9.17) is 4.52 Å². The van der Waals surface area contributed by atoms with Crippen molar-refractivity contribution in [2.75, 3.05) is 26.2 Å². The van der Waals surface area contributed by atoms with Crippen molar-refractivity contribution in [2.24, 2.45) is 5.41 Å². The fourth-order valence-electron chi connectivity index (χ4n) is 4.26. The Morgan fingerprint density at radius 1 is 1.39 bits per heavy atom. The van der Waals surface area contributed by atoms with Gasteiger partial charge < -0.3 is 14.9 Å². The highest BCUT2D eigenvalue weighted by Gasteiger charge is 2.46. The van der Waals surface area contributed by atoms with E-state index in [0.29, 0.717) is 30.2 Å². The quantitative estimate of drug-likeness (QED) is 0.747. The summed E-state index contributed by atoms with van der Waals surface area (Å²) in [6, 6.07) is 3.50. The van der Waals surface area contributed by atoms with Gasteiger partial charge in [-0.3, -0.25) is 0 Å². The fourth-order valence-corrected chi connectivity index (χ4v) is 7.22. The SMILES string of the molecule is Cc1cc(-c2cc(S(=O)(=O)N3CC[C@@]4(CO)CCCN[C@@H]4C3)c(C)s2)on1.Cl. The second-order valence-electron chi connectivity index (χ2n) is 7.61. The Hall–Kier alpha value is -0.970. The molecule has 0 spiro atoms. The molecule has 2 aliphatic rings. The van der Waals surface area contributed by atoms with Crippen LogP contribution in [0.1, 0.15) is 29.8 Å². The number of nitrogens with zero attached hydrogens (tertiary/aromatic N) is 2. The number of thiophene rings is 1. The van der Waals surface area contributed by atoms with Crippen molar-refractivity contribution in [3.8, 4) is 10.6 Å². The second-order valence-corrected chi connectivity index (χ2v) is 10.8. The van der Waals surface area contributed by atoms with Crippen LogP contribution in [0.4, 0.5) is 0 Å². The van der Waals surface area contributed by atoms with E-state index in [-0.39, 0.29) is 30.5 Å². The number of aryl methyl sites for hydroxylation is 2. The van der Waals surface area contributed by atoms with Gasteiger partial charge >= 0.3 is 0 Å². The number of sulfonamides is 1. The number of nitrogens with one attached hydrogen (secondary N) is 1. The van der Waals surface area contributed by atoms with Crippen LogP contribution in [0.15, 0.2) is 21.6 Å². The lowest BCUT2D eigenvalue weighted by Crippen LogP contribution is -2.61. The minimum atomic E-state index is -3.60. The van der Waals surface area contributed by atoms with Crippen molar-refractivity contribution < 1.29 is 18.0 Å². The molecular weight excluding hydrogens is 422 g/mol. The van der Waals surface area contributed by atoms with Gasteiger partial charge in [-0.2, -0.15) is 4.31 Å². The van der Waals surface area contributed by atoms with E-state index < -0.39 is 10.0 Å². The maximum Gasteiger partial charge on any atom is 0.244 e. The summed E-state index contributed by atoms with van der Waals surface area (Å²) in [5.41, 5.74) is 0.566. The monoisotopic (exact) mass is 447 g/mol. The Labute approximate surface area is 175 Å². The van der Waals surface area contributed by atoms with Gasteiger partial charge in [-0.15, -0.1) is 23.7 Å². The number of aliphatic hydroxyl groups is 1. The molecule has 28 heavy (non-hydrogen) atoms. The van der Waals surface area contributed by atoms with Crippen molar-refractivity contribution >= 4 is 33.8 Å². The normalized spacial score (nSPS) is 25.9. The number of piperidine rings is 2. The Balaban J connectivity index is 0.00000225. The van der Waals surface area contributed by atoms with Crippen LogP contribution >= 0.6 is 23.7 Å². The summed E-state index contributed by atoms with van der Waals surface area (Å²) in [6.07, 6.45) is 2.65. The molecule has 4 rings (SSSR count). The molecule has 2 N–H and O–H groups in total. The largest absolute Gasteiger partial charge is 0.396 e. The molecule has 156 valence electrons. The van der Waals surface area contributed by atoms with Gasteiger partial charge in [0.25, 0.3) is 0 Å². The lowest BCUT2D eigenvalue weighted by molar-refractivity contribution is 0.00728. The number of hydrogen-bond donors (Lipinski definition) is 2. The van der Waals surface area contributed by atoms with Crippen LogP contribution in [0.2, 0.25) is 0 Å². The number of hydrogen-bond acceptors (Lipinski definition) is 7. The third kappa shape index (κ3) is 3.64. The standard InChI is InChI=1S/C18H25N3O4S2.ClH/c1-12-8-14(25-20-12)15-9-16(13(2)26-15)27(23,24)21-7-5-18(11-22)4-3-6-19-17(18)10-21;/h8-9,17,19,22H,3-7,10-11H2,1-2H3;1H/t17-,18-;/m1./s1. The van der Waals surface area contributed by atoms with Crippen molar-refractivity contribution in [2.45, 2.75) is 44.0 Å². The first kappa shape index (κ1) is 21.7. The third-order valence-corrected chi connectivity index (χ3v) is 9.09. The van der Waals surface area contributed by atoms with Crippen LogP contribution in [0.5, 0.6) is 0 Å². The van der Waals surface area contributed by atoms with Crippen LogP contribution in [-0.4, -0.2) is 55.3 Å². The van der Waals surface area contributed by atoms with Gasteiger partial charge in [0, 0.05) is 35.5 Å². The van der Waals surface area contributed by atoms with Crippen molar-refractivity contribution in [3.05, 3.63) is 22.7 Å². The molecule has 10 heteroatoms. The molecule has 4 heterocycles. The molecule has 0 bridgehead atoms. The maximum absolute atomic E-state index is 13.3. The molecule has 0 saturated carbocycles. The van der Waals surface area contributed by atoms with Gasteiger partial charge in [0.15, 0.2) is 5.76 Å². The molecule has 0 aliphatic carbocycles. The number of halogens is 1. The number of rotatable bonds is 4. The highest BCUT2D eigenvalue weighted by atomic mass is 35.5. The average Bonchev–Trinajstić information content (AvgIpc) is 3.27. The van der Waals surface area contributed by atoms with Crippen molar-refractivity contribution in [1.82, 2.24) is 14.8 Å². The summed E-state index contributed by atoms with van der Waals surface area (Å²) < 4.78 is 33.5. The molecule has 2 saturated heterocycles. The third-order valence-electron chi connectivity index (χ3n) is 5.90. The fraction of sp³-hybridized carbons (Fsp3) is 0.611. The minimum Gasteiger partial charge on any atom is -0.396 e. The summed E-state index contributed by atoms with van der Waals surface area (Å²) in [4.78, 5) is 1.85. The maximum atomic E-state index is 13.3. The van der Waals surface area contributed by atoms with Crippen LogP contribution < -0.4 is 5.32 Å². The first-order valence-corrected chi connectivity index (χ1v) is 11.5. The van der Waals surface area contributed by atoms with E-state index in [1.54, 1.807) is 10.4 Å². The van der Waals surface area contributed by atoms with Crippen LogP contribution in [0.3, 0.4) is 0 Å². The highest BCUT2D eigenvalue weighted by Crippen LogP contribution is 2.41. The first-order valence-electron chi connectivity index (χ1n) is 9.24. The van der Waals surface area contributed by atoms with E-state index in [9.17, 15) is 13.5 Å². The van der Waals surface area contributed by atoms with E-state index >= 15 is 0 Å². The zero-order chi connectivity index (χ0) is 19.2. The Morgan fingerprint density at radius 3 is 2.86 bits per heavy atom. The molecule has 2 aromatic heterocycles. The summed E-state index contributed by atoms with van der Waals surface area (Å²) in [7, 11) is -3.60. The summed E-state index contributed by atoms with van der Waals surface area (Å²) in [6.45, 7) is 5.47. The van der Waals surface area contributed by atoms with Crippen molar-refractivity contribution in [1.29, 1.82) is 0 Å². The van der Waals surface area contributed by atoms with Gasteiger partial charge in [-0.05, 0) is 45.7 Å². The first-order chi connectivity index (χ1) is 12.9. The Kier molecular flexibility index (Phi) is 6.24. The number of fused-ring (bicyclic) bond motifs is 1. The molecular formula is C18H26ClN3O4S2. The molecule has 0 unspecified atom stereocenters. The van der Waals surface area contributed by atoms with Crippen LogP contribution in [0, 0.1) is 19.3 Å². The molecule has 0 radical (unpaired) electrons. The summed E-state index contributed by atoms with van der Waals surface area (Å²) in [5.74, 6) is 0.592. The van der Waals surface area contributed by atoms with E-state index in [1.807, 2.05) is 19.9 Å². The van der Waals surface area contributed by atoms with Gasteiger partial charge in [-0.25, -0.2) is 8.42 Å². The lowest BCUT2D eigenvalue weighted by Gasteiger charge is -2.49. The topological polar surface area (TPSA) is 95.7 Å². The molecule has 7 nitrogen and oxygen atoms in total. The summed E-state index contributed by atoms with van der Waals surface area (Å²) >= 11 is 1.40. The minimum absolute atomic E-state index is 0. The van der Waals surface area contributed by atoms with E-state index in [1.165, 1.54) is 11.3 Å². The molecule has 2 aliphatic heterocycles. The summed E-state index contributed by atoms with van der Waals surface area (Å²) in [5, 5.41) is 17.2. The van der Waals surface area contributed by atoms with Crippen molar-refractivity contribution in [3.63, 3.8) is 0 Å². The average molecular weight is 448 g/mol. The van der Waals surface area contributed by atoms with Crippen LogP contribution in [-0.2, 0) is 10.0 Å². The van der Waals surface area contributed by atoms with Gasteiger partial charge in [0.2, 0.25) is 10.0 Å². The predicted molar refractivity (Wildman–Crippen MR) is 110 cm³/mol. The molecule has 0 amide bonds. The van der Waals surface area contributed by atoms with E-state index in [0.717, 1.165) is 34.8 Å². The second kappa shape index (κ2) is 8.04. The number of aromatic nitrogens is 1. The zero-order valence-electron chi connectivity index (χ0n) is 16.0. The highest BCUT2D eigenvalue weighted by molar-refractivity contribution is 7.89. The van der Waals surface area contributed by atoms with Gasteiger partial charge in [-0.1, -0.05) is 5.16 Å². The lowest BCUT2D eigenvalue weighted by atomic mass is 9.70. The predicted octanol–water partition coefficient (Wildman–Crippen LogP) is 2.57. The smallest absolute Gasteiger partial charge is 0.244 e. The Bertz CT molecular complexity index is 943.